The summed E-state index contributed by atoms with van der Waals surface area (Å²) in [6, 6.07) is 11.4. The molecule has 1 N–H and O–H groups in total. The Morgan fingerprint density at radius 1 is 1.17 bits per heavy atom. The smallest absolute Gasteiger partial charge is 0.331 e. The number of hydrogen-bond acceptors (Lipinski definition) is 3. The van der Waals surface area contributed by atoms with Crippen molar-refractivity contribution >= 4 is 23.6 Å². The van der Waals surface area contributed by atoms with Crippen LogP contribution in [-0.2, 0) is 14.3 Å². The molecule has 0 aliphatic carbocycles. The van der Waals surface area contributed by atoms with Crippen LogP contribution in [0.4, 0.5) is 10.1 Å². The maximum atomic E-state index is 13.0. The van der Waals surface area contributed by atoms with Crippen LogP contribution in [0.1, 0.15) is 16.7 Å². The molecule has 0 aliphatic rings. The summed E-state index contributed by atoms with van der Waals surface area (Å²) in [6.07, 6.45) is 2.58. The second-order valence-electron chi connectivity index (χ2n) is 5.36. The fourth-order valence-electron chi connectivity index (χ4n) is 2.10. The van der Waals surface area contributed by atoms with Gasteiger partial charge in [0.05, 0.1) is 0 Å². The van der Waals surface area contributed by atoms with Crippen LogP contribution in [0, 0.1) is 19.7 Å². The summed E-state index contributed by atoms with van der Waals surface area (Å²) in [4.78, 5) is 23.4. The Morgan fingerprint density at radius 3 is 2.67 bits per heavy atom. The van der Waals surface area contributed by atoms with Gasteiger partial charge in [0.2, 0.25) is 0 Å². The molecular formula is C19H18FNO3. The first-order valence-corrected chi connectivity index (χ1v) is 7.41. The van der Waals surface area contributed by atoms with E-state index < -0.39 is 17.7 Å². The molecule has 0 aromatic heterocycles. The van der Waals surface area contributed by atoms with E-state index in [1.807, 2.05) is 26.0 Å². The average molecular weight is 327 g/mol. The quantitative estimate of drug-likeness (QED) is 0.674. The van der Waals surface area contributed by atoms with Gasteiger partial charge in [-0.3, -0.25) is 4.79 Å². The lowest BCUT2D eigenvalue weighted by Crippen LogP contribution is -2.20. The highest BCUT2D eigenvalue weighted by Crippen LogP contribution is 2.15. The molecule has 1 amide bonds. The van der Waals surface area contributed by atoms with Crippen LogP contribution >= 0.6 is 0 Å². The lowest BCUT2D eigenvalue weighted by molar-refractivity contribution is -0.142. The normalized spacial score (nSPS) is 10.6. The first kappa shape index (κ1) is 17.4. The molecule has 0 heterocycles. The van der Waals surface area contributed by atoms with E-state index >= 15 is 0 Å². The molecule has 124 valence electrons. The third-order valence-corrected chi connectivity index (χ3v) is 3.26. The minimum atomic E-state index is -0.671. The van der Waals surface area contributed by atoms with E-state index in [0.717, 1.165) is 17.2 Å². The number of carbonyl (C=O) groups is 2. The van der Waals surface area contributed by atoms with Gasteiger partial charge in [-0.1, -0.05) is 29.8 Å². The largest absolute Gasteiger partial charge is 0.452 e. The van der Waals surface area contributed by atoms with Crippen molar-refractivity contribution in [1.29, 1.82) is 0 Å². The highest BCUT2D eigenvalue weighted by Gasteiger charge is 2.07. The number of ether oxygens (including phenoxy) is 1. The molecule has 0 bridgehead atoms. The molecule has 2 aromatic rings. The van der Waals surface area contributed by atoms with Crippen molar-refractivity contribution in [3.63, 3.8) is 0 Å². The van der Waals surface area contributed by atoms with Crippen LogP contribution in [0.5, 0.6) is 0 Å². The van der Waals surface area contributed by atoms with Gasteiger partial charge in [0.25, 0.3) is 5.91 Å². The molecule has 2 rings (SSSR count). The number of halogens is 1. The Hall–Kier alpha value is -2.95. The number of amides is 1. The zero-order chi connectivity index (χ0) is 17.5. The van der Waals surface area contributed by atoms with Crippen molar-refractivity contribution < 1.29 is 18.7 Å². The zero-order valence-corrected chi connectivity index (χ0v) is 13.5. The van der Waals surface area contributed by atoms with Crippen molar-refractivity contribution in [2.75, 3.05) is 11.9 Å². The molecule has 0 radical (unpaired) electrons. The summed E-state index contributed by atoms with van der Waals surface area (Å²) >= 11 is 0. The second kappa shape index (κ2) is 8.06. The van der Waals surface area contributed by atoms with Gasteiger partial charge in [0.1, 0.15) is 5.82 Å². The summed E-state index contributed by atoms with van der Waals surface area (Å²) in [5.41, 5.74) is 3.24. The Bertz CT molecular complexity index is 784. The number of esters is 1. The summed E-state index contributed by atoms with van der Waals surface area (Å²) in [7, 11) is 0. The minimum absolute atomic E-state index is 0.389. The number of benzene rings is 2. The first-order chi connectivity index (χ1) is 11.4. The maximum absolute atomic E-state index is 13.0. The molecule has 0 saturated carbocycles. The molecule has 0 atom stereocenters. The molecule has 2 aromatic carbocycles. The van der Waals surface area contributed by atoms with Crippen LogP contribution < -0.4 is 5.32 Å². The molecule has 0 unspecified atom stereocenters. The highest BCUT2D eigenvalue weighted by atomic mass is 19.1. The molecular weight excluding hydrogens is 309 g/mol. The van der Waals surface area contributed by atoms with Crippen LogP contribution in [0.15, 0.2) is 48.5 Å². The van der Waals surface area contributed by atoms with E-state index in [1.165, 1.54) is 24.3 Å². The number of aryl methyl sites for hydroxylation is 2. The fourth-order valence-corrected chi connectivity index (χ4v) is 2.10. The van der Waals surface area contributed by atoms with Crippen molar-refractivity contribution in [1.82, 2.24) is 0 Å². The number of nitrogens with one attached hydrogen (secondary N) is 1. The van der Waals surface area contributed by atoms with Gasteiger partial charge in [-0.25, -0.2) is 9.18 Å². The lowest BCUT2D eigenvalue weighted by atomic mass is 10.1. The predicted molar refractivity (Wildman–Crippen MR) is 90.9 cm³/mol. The fraction of sp³-hybridized carbons (Fsp3) is 0.158. The molecule has 0 spiro atoms. The topological polar surface area (TPSA) is 55.4 Å². The van der Waals surface area contributed by atoms with Crippen LogP contribution in [0.2, 0.25) is 0 Å². The summed E-state index contributed by atoms with van der Waals surface area (Å²) in [6.45, 7) is 3.46. The summed E-state index contributed by atoms with van der Waals surface area (Å²) in [5, 5.41) is 2.68. The third kappa shape index (κ3) is 5.35. The summed E-state index contributed by atoms with van der Waals surface area (Å²) in [5.74, 6) is -1.48. The van der Waals surface area contributed by atoms with Gasteiger partial charge < -0.3 is 10.1 Å². The maximum Gasteiger partial charge on any atom is 0.331 e. The van der Waals surface area contributed by atoms with Crippen LogP contribution in [0.3, 0.4) is 0 Å². The number of carbonyl (C=O) groups excluding carboxylic acids is 2. The number of anilines is 1. The molecule has 0 fully saturated rings. The summed E-state index contributed by atoms with van der Waals surface area (Å²) < 4.78 is 17.9. The van der Waals surface area contributed by atoms with E-state index in [-0.39, 0.29) is 6.61 Å². The SMILES string of the molecule is Cc1ccc(NC(=O)COC(=O)/C=C/c2cccc(F)c2)c(C)c1. The molecule has 0 aliphatic heterocycles. The Morgan fingerprint density at radius 2 is 1.96 bits per heavy atom. The predicted octanol–water partition coefficient (Wildman–Crippen LogP) is 3.64. The molecule has 4 nitrogen and oxygen atoms in total. The number of hydrogen-bond donors (Lipinski definition) is 1. The van der Waals surface area contributed by atoms with E-state index in [2.05, 4.69) is 5.32 Å². The Kier molecular flexibility index (Phi) is 5.84. The molecule has 24 heavy (non-hydrogen) atoms. The monoisotopic (exact) mass is 327 g/mol. The van der Waals surface area contributed by atoms with Crippen molar-refractivity contribution in [2.45, 2.75) is 13.8 Å². The van der Waals surface area contributed by atoms with Crippen molar-refractivity contribution in [3.05, 3.63) is 71.0 Å². The Balaban J connectivity index is 1.83. The van der Waals surface area contributed by atoms with E-state index in [4.69, 9.17) is 4.74 Å². The Labute approximate surface area is 140 Å². The van der Waals surface area contributed by atoms with Crippen LogP contribution in [-0.4, -0.2) is 18.5 Å². The highest BCUT2D eigenvalue weighted by molar-refractivity contribution is 5.95. The van der Waals surface area contributed by atoms with E-state index in [0.29, 0.717) is 11.3 Å². The van der Waals surface area contributed by atoms with Gasteiger partial charge in [0.15, 0.2) is 6.61 Å². The minimum Gasteiger partial charge on any atom is -0.452 e. The average Bonchev–Trinajstić information content (AvgIpc) is 2.54. The van der Waals surface area contributed by atoms with Gasteiger partial charge in [-0.2, -0.15) is 0 Å². The first-order valence-electron chi connectivity index (χ1n) is 7.41. The van der Waals surface area contributed by atoms with E-state index in [9.17, 15) is 14.0 Å². The third-order valence-electron chi connectivity index (χ3n) is 3.26. The molecule has 5 heteroatoms. The standard InChI is InChI=1S/C19H18FNO3/c1-13-6-8-17(14(2)10-13)21-18(22)12-24-19(23)9-7-15-4-3-5-16(20)11-15/h3-11H,12H2,1-2H3,(H,21,22)/b9-7+. The van der Waals surface area contributed by atoms with Gasteiger partial charge >= 0.3 is 5.97 Å². The van der Waals surface area contributed by atoms with Gasteiger partial charge in [-0.05, 0) is 49.2 Å². The zero-order valence-electron chi connectivity index (χ0n) is 13.5. The van der Waals surface area contributed by atoms with Crippen LogP contribution in [0.25, 0.3) is 6.08 Å². The number of rotatable bonds is 5. The molecule has 0 saturated heterocycles. The van der Waals surface area contributed by atoms with Crippen molar-refractivity contribution in [2.24, 2.45) is 0 Å². The second-order valence-corrected chi connectivity index (χ2v) is 5.36. The lowest BCUT2D eigenvalue weighted by Gasteiger charge is -2.09. The van der Waals surface area contributed by atoms with Crippen molar-refractivity contribution in [3.8, 4) is 0 Å². The van der Waals surface area contributed by atoms with E-state index in [1.54, 1.807) is 12.1 Å². The van der Waals surface area contributed by atoms with Gasteiger partial charge in [-0.15, -0.1) is 0 Å². The van der Waals surface area contributed by atoms with Gasteiger partial charge in [0, 0.05) is 11.8 Å².